The highest BCUT2D eigenvalue weighted by atomic mass is 32.1. The Labute approximate surface area is 110 Å². The summed E-state index contributed by atoms with van der Waals surface area (Å²) < 4.78 is 0. The van der Waals surface area contributed by atoms with Crippen molar-refractivity contribution in [3.8, 4) is 0 Å². The number of hydrogen-bond donors (Lipinski definition) is 1. The van der Waals surface area contributed by atoms with Crippen LogP contribution in [0, 0.1) is 6.92 Å². The van der Waals surface area contributed by atoms with Crippen molar-refractivity contribution in [3.05, 3.63) is 69.9 Å². The Kier molecular flexibility index (Phi) is 2.90. The number of benzene rings is 2. The zero-order chi connectivity index (χ0) is 12.5. The van der Waals surface area contributed by atoms with Crippen LogP contribution in [0.3, 0.4) is 0 Å². The topological polar surface area (TPSA) is 20.2 Å². The summed E-state index contributed by atoms with van der Waals surface area (Å²) in [6.45, 7) is 2.05. The van der Waals surface area contributed by atoms with Crippen LogP contribution in [0.5, 0.6) is 0 Å². The highest BCUT2D eigenvalue weighted by molar-refractivity contribution is 7.08. The molecule has 0 aliphatic carbocycles. The van der Waals surface area contributed by atoms with E-state index in [1.165, 1.54) is 5.39 Å². The summed E-state index contributed by atoms with van der Waals surface area (Å²) in [5, 5.41) is 16.9. The quantitative estimate of drug-likeness (QED) is 0.723. The van der Waals surface area contributed by atoms with Crippen LogP contribution in [0.2, 0.25) is 0 Å². The first-order chi connectivity index (χ1) is 8.77. The third-order valence-electron chi connectivity index (χ3n) is 3.32. The van der Waals surface area contributed by atoms with Crippen LogP contribution < -0.4 is 0 Å². The average molecular weight is 254 g/mol. The summed E-state index contributed by atoms with van der Waals surface area (Å²) in [6.07, 6.45) is -0.539. The van der Waals surface area contributed by atoms with Gasteiger partial charge in [-0.3, -0.25) is 0 Å². The predicted molar refractivity (Wildman–Crippen MR) is 77.1 cm³/mol. The fourth-order valence-electron chi connectivity index (χ4n) is 2.36. The van der Waals surface area contributed by atoms with Crippen molar-refractivity contribution in [2.75, 3.05) is 0 Å². The van der Waals surface area contributed by atoms with Gasteiger partial charge >= 0.3 is 0 Å². The smallest absolute Gasteiger partial charge is 0.106 e. The molecule has 1 aromatic heterocycles. The summed E-state index contributed by atoms with van der Waals surface area (Å²) in [7, 11) is 0. The van der Waals surface area contributed by atoms with E-state index in [2.05, 4.69) is 31.2 Å². The molecule has 2 heteroatoms. The van der Waals surface area contributed by atoms with E-state index in [0.717, 1.165) is 22.1 Å². The normalized spacial score (nSPS) is 12.8. The van der Waals surface area contributed by atoms with Gasteiger partial charge in [-0.2, -0.15) is 11.3 Å². The molecule has 0 spiro atoms. The summed E-state index contributed by atoms with van der Waals surface area (Å²) >= 11 is 1.61. The summed E-state index contributed by atoms with van der Waals surface area (Å²) in [5.74, 6) is 0. The van der Waals surface area contributed by atoms with E-state index in [9.17, 15) is 5.11 Å². The van der Waals surface area contributed by atoms with Crippen LogP contribution in [0.4, 0.5) is 0 Å². The third kappa shape index (κ3) is 1.84. The minimum absolute atomic E-state index is 0.539. The lowest BCUT2D eigenvalue weighted by Crippen LogP contribution is -2.01. The molecule has 0 aliphatic rings. The first-order valence-electron chi connectivity index (χ1n) is 5.96. The van der Waals surface area contributed by atoms with Gasteiger partial charge in [0.05, 0.1) is 0 Å². The predicted octanol–water partition coefficient (Wildman–Crippen LogP) is 4.29. The molecular weight excluding hydrogens is 240 g/mol. The van der Waals surface area contributed by atoms with Gasteiger partial charge in [0, 0.05) is 0 Å². The van der Waals surface area contributed by atoms with Crippen molar-refractivity contribution in [2.24, 2.45) is 0 Å². The van der Waals surface area contributed by atoms with Crippen LogP contribution in [-0.2, 0) is 0 Å². The van der Waals surface area contributed by atoms with Gasteiger partial charge in [-0.25, -0.2) is 0 Å². The molecule has 1 heterocycles. The molecule has 3 aromatic rings. The number of rotatable bonds is 2. The zero-order valence-corrected chi connectivity index (χ0v) is 10.9. The fourth-order valence-corrected chi connectivity index (χ4v) is 3.04. The maximum Gasteiger partial charge on any atom is 0.106 e. The van der Waals surface area contributed by atoms with E-state index in [1.54, 1.807) is 11.3 Å². The Bertz CT molecular complexity index is 671. The fraction of sp³-hybridized carbons (Fsp3) is 0.125. The van der Waals surface area contributed by atoms with Gasteiger partial charge in [-0.15, -0.1) is 0 Å². The largest absolute Gasteiger partial charge is 0.384 e. The highest BCUT2D eigenvalue weighted by Crippen LogP contribution is 2.32. The van der Waals surface area contributed by atoms with E-state index >= 15 is 0 Å². The molecule has 0 aliphatic heterocycles. The Morgan fingerprint density at radius 2 is 1.89 bits per heavy atom. The van der Waals surface area contributed by atoms with Crippen LogP contribution in [-0.4, -0.2) is 5.11 Å². The number of thiophene rings is 1. The number of hydrogen-bond acceptors (Lipinski definition) is 2. The minimum Gasteiger partial charge on any atom is -0.384 e. The second-order valence-corrected chi connectivity index (χ2v) is 5.26. The van der Waals surface area contributed by atoms with Gasteiger partial charge in [-0.05, 0) is 51.2 Å². The van der Waals surface area contributed by atoms with Crippen LogP contribution in [0.25, 0.3) is 10.8 Å². The molecule has 1 atom stereocenters. The van der Waals surface area contributed by atoms with Crippen LogP contribution in [0.1, 0.15) is 22.8 Å². The van der Waals surface area contributed by atoms with E-state index in [0.29, 0.717) is 0 Å². The molecular formula is C16H14OS. The van der Waals surface area contributed by atoms with E-state index < -0.39 is 6.10 Å². The molecule has 0 radical (unpaired) electrons. The lowest BCUT2D eigenvalue weighted by molar-refractivity contribution is 0.221. The molecule has 0 fully saturated rings. The first-order valence-corrected chi connectivity index (χ1v) is 6.90. The van der Waals surface area contributed by atoms with Gasteiger partial charge < -0.3 is 5.11 Å². The van der Waals surface area contributed by atoms with Gasteiger partial charge in [0.25, 0.3) is 0 Å². The van der Waals surface area contributed by atoms with Gasteiger partial charge in [-0.1, -0.05) is 36.4 Å². The molecule has 0 unspecified atom stereocenters. The van der Waals surface area contributed by atoms with E-state index in [1.807, 2.05) is 29.0 Å². The van der Waals surface area contributed by atoms with Crippen LogP contribution in [0.15, 0.2) is 53.2 Å². The number of aryl methyl sites for hydroxylation is 1. The lowest BCUT2D eigenvalue weighted by atomic mass is 9.93. The Morgan fingerprint density at radius 1 is 1.06 bits per heavy atom. The zero-order valence-electron chi connectivity index (χ0n) is 10.1. The standard InChI is InChI=1S/C16H14OS/c1-11-6-7-12-4-2-3-5-14(12)15(11)16(17)13-8-9-18-10-13/h2-10,16-17H,1H3/t16-/m0/s1. The van der Waals surface area contributed by atoms with Gasteiger partial charge in [0.1, 0.15) is 6.10 Å². The number of fused-ring (bicyclic) bond motifs is 1. The molecule has 0 bridgehead atoms. The third-order valence-corrected chi connectivity index (χ3v) is 4.02. The molecule has 18 heavy (non-hydrogen) atoms. The molecule has 0 saturated heterocycles. The molecule has 2 aromatic carbocycles. The number of aliphatic hydroxyl groups excluding tert-OH is 1. The Morgan fingerprint density at radius 3 is 2.67 bits per heavy atom. The maximum atomic E-state index is 10.6. The van der Waals surface area contributed by atoms with Crippen molar-refractivity contribution < 1.29 is 5.11 Å². The number of aliphatic hydroxyl groups is 1. The monoisotopic (exact) mass is 254 g/mol. The maximum absolute atomic E-state index is 10.6. The van der Waals surface area contributed by atoms with E-state index in [4.69, 9.17) is 0 Å². The average Bonchev–Trinajstić information content (AvgIpc) is 2.92. The van der Waals surface area contributed by atoms with Gasteiger partial charge in [0.15, 0.2) is 0 Å². The highest BCUT2D eigenvalue weighted by Gasteiger charge is 2.16. The molecule has 1 N–H and O–H groups in total. The van der Waals surface area contributed by atoms with Crippen molar-refractivity contribution in [3.63, 3.8) is 0 Å². The summed E-state index contributed by atoms with van der Waals surface area (Å²) in [5.41, 5.74) is 3.12. The SMILES string of the molecule is Cc1ccc2ccccc2c1[C@@H](O)c1ccsc1. The van der Waals surface area contributed by atoms with Crippen molar-refractivity contribution in [2.45, 2.75) is 13.0 Å². The molecule has 1 nitrogen and oxygen atoms in total. The summed E-state index contributed by atoms with van der Waals surface area (Å²) in [4.78, 5) is 0. The second kappa shape index (κ2) is 4.56. The molecule has 3 rings (SSSR count). The van der Waals surface area contributed by atoms with Crippen molar-refractivity contribution in [1.82, 2.24) is 0 Å². The molecule has 90 valence electrons. The lowest BCUT2D eigenvalue weighted by Gasteiger charge is -2.15. The minimum atomic E-state index is -0.539. The molecule has 0 saturated carbocycles. The van der Waals surface area contributed by atoms with E-state index in [-0.39, 0.29) is 0 Å². The first kappa shape index (κ1) is 11.5. The van der Waals surface area contributed by atoms with Crippen molar-refractivity contribution >= 4 is 22.1 Å². The summed E-state index contributed by atoms with van der Waals surface area (Å²) in [6, 6.07) is 14.4. The second-order valence-electron chi connectivity index (χ2n) is 4.48. The van der Waals surface area contributed by atoms with Crippen LogP contribution >= 0.6 is 11.3 Å². The van der Waals surface area contributed by atoms with Crippen molar-refractivity contribution in [1.29, 1.82) is 0 Å². The van der Waals surface area contributed by atoms with Gasteiger partial charge in [0.2, 0.25) is 0 Å². The Balaban J connectivity index is 2.24. The molecule has 0 amide bonds. The Hall–Kier alpha value is -1.64.